The molecule has 3 aromatic carbocycles. The number of aromatic nitrogens is 2. The molecule has 6 aromatic rings. The van der Waals surface area contributed by atoms with Gasteiger partial charge < -0.3 is 4.98 Å². The number of benzene rings is 3. The average Bonchev–Trinajstić information content (AvgIpc) is 3.38. The molecule has 0 unspecified atom stereocenters. The number of pyridine rings is 2. The zero-order valence-corrected chi connectivity index (χ0v) is 32.1. The molecule has 0 amide bonds. The molecule has 3 aromatic heterocycles. The van der Waals surface area contributed by atoms with Gasteiger partial charge in [-0.3, -0.25) is 0 Å². The molecule has 0 aliphatic rings. The summed E-state index contributed by atoms with van der Waals surface area (Å²) in [5.41, 5.74) is 6.57. The third-order valence-electron chi connectivity index (χ3n) is 7.70. The van der Waals surface area contributed by atoms with Gasteiger partial charge in [0.25, 0.3) is 0 Å². The summed E-state index contributed by atoms with van der Waals surface area (Å²) < 4.78 is 28.6. The summed E-state index contributed by atoms with van der Waals surface area (Å²) in [5.74, 6) is 6.68. The van der Waals surface area contributed by atoms with Crippen LogP contribution in [0.15, 0.2) is 85.2 Å². The van der Waals surface area contributed by atoms with E-state index in [9.17, 15) is 0 Å². The molecule has 44 heavy (non-hydrogen) atoms. The number of thiophene rings is 1. The molecule has 0 atom stereocenters. The van der Waals surface area contributed by atoms with Gasteiger partial charge in [0.15, 0.2) is 0 Å². The van der Waals surface area contributed by atoms with Crippen molar-refractivity contribution in [1.29, 1.82) is 0 Å². The van der Waals surface area contributed by atoms with Crippen LogP contribution in [0.4, 0.5) is 0 Å². The standard InChI is InChI=1S/C25H26NS.C14H16GeN.Ir/c1-6-17-13-24-22(14-21(17)16(4)5)19-8-7-9-20(25(19)27-24)23-12-18(15(2)3)10-11-26-23;1-15(2,3)13-9-10-14(16-11-13)12-7-5-4-6-8-12;/h7-8,10-16H,6H2,1-5H3;4-7,9-11H,1-3H3;/q2*-1;/i6D2,15D;;. The van der Waals surface area contributed by atoms with E-state index in [0.29, 0.717) is 0 Å². The van der Waals surface area contributed by atoms with E-state index >= 15 is 0 Å². The van der Waals surface area contributed by atoms with E-state index in [2.05, 4.69) is 77.5 Å². The topological polar surface area (TPSA) is 25.8 Å². The summed E-state index contributed by atoms with van der Waals surface area (Å²) in [6.07, 6.45) is 2.41. The van der Waals surface area contributed by atoms with Crippen molar-refractivity contribution >= 4 is 49.2 Å². The van der Waals surface area contributed by atoms with Crippen LogP contribution in [0.2, 0.25) is 17.3 Å². The van der Waals surface area contributed by atoms with Gasteiger partial charge in [-0.25, -0.2) is 0 Å². The van der Waals surface area contributed by atoms with Crippen molar-refractivity contribution in [3.05, 3.63) is 114 Å². The van der Waals surface area contributed by atoms with Crippen molar-refractivity contribution in [2.45, 2.75) is 70.1 Å². The minimum Gasteiger partial charge on any atom is 0 e. The summed E-state index contributed by atoms with van der Waals surface area (Å²) in [4.78, 5) is 9.11. The van der Waals surface area contributed by atoms with Crippen LogP contribution in [-0.2, 0) is 26.5 Å². The molecule has 2 nitrogen and oxygen atoms in total. The molecule has 1 radical (unpaired) electrons. The van der Waals surface area contributed by atoms with Gasteiger partial charge in [0.2, 0.25) is 0 Å². The first-order valence-electron chi connectivity index (χ1n) is 16.4. The van der Waals surface area contributed by atoms with E-state index in [-0.39, 0.29) is 26.0 Å². The Balaban J connectivity index is 0.000000249. The maximum atomic E-state index is 8.36. The Bertz CT molecular complexity index is 1970. The number of rotatable bonds is 6. The van der Waals surface area contributed by atoms with Crippen LogP contribution in [0.25, 0.3) is 42.7 Å². The molecule has 0 bridgehead atoms. The zero-order chi connectivity index (χ0) is 33.4. The van der Waals surface area contributed by atoms with E-state index in [1.807, 2.05) is 68.6 Å². The fourth-order valence-electron chi connectivity index (χ4n) is 5.12. The molecular formula is C39H42GeIrN2S-2. The maximum Gasteiger partial charge on any atom is 0 e. The van der Waals surface area contributed by atoms with Crippen molar-refractivity contribution in [1.82, 2.24) is 9.97 Å². The van der Waals surface area contributed by atoms with Crippen LogP contribution in [0, 0.1) is 12.1 Å². The van der Waals surface area contributed by atoms with E-state index in [4.69, 9.17) is 4.11 Å². The molecule has 0 aliphatic carbocycles. The minimum absolute atomic E-state index is 0. The quantitative estimate of drug-likeness (QED) is 0.123. The summed E-state index contributed by atoms with van der Waals surface area (Å²) in [6.45, 7) is 9.61. The Hall–Kier alpha value is -2.63. The predicted octanol–water partition coefficient (Wildman–Crippen LogP) is 10.8. The van der Waals surface area contributed by atoms with Gasteiger partial charge in [-0.15, -0.1) is 23.8 Å². The van der Waals surface area contributed by atoms with Crippen LogP contribution >= 0.6 is 11.3 Å². The van der Waals surface area contributed by atoms with Crippen LogP contribution in [0.1, 0.15) is 67.2 Å². The van der Waals surface area contributed by atoms with Gasteiger partial charge in [-0.2, -0.15) is 11.3 Å². The molecule has 5 heteroatoms. The first-order chi connectivity index (χ1) is 21.5. The van der Waals surface area contributed by atoms with E-state index in [0.717, 1.165) is 59.4 Å². The summed E-state index contributed by atoms with van der Waals surface area (Å²) in [7, 11) is 0. The Morgan fingerprint density at radius 3 is 2.30 bits per heavy atom. The molecular weight excluding hydrogens is 793 g/mol. The maximum absolute atomic E-state index is 8.36. The van der Waals surface area contributed by atoms with Gasteiger partial charge in [-0.05, 0) is 57.2 Å². The minimum atomic E-state index is -1.72. The number of aryl methyl sites for hydroxylation is 1. The summed E-state index contributed by atoms with van der Waals surface area (Å²) in [5, 5.41) is 2.30. The van der Waals surface area contributed by atoms with Crippen LogP contribution < -0.4 is 4.40 Å². The molecule has 0 saturated carbocycles. The van der Waals surface area contributed by atoms with Crippen LogP contribution in [0.3, 0.4) is 0 Å². The fraction of sp³-hybridized carbons (Fsp3) is 0.282. The summed E-state index contributed by atoms with van der Waals surface area (Å²) >= 11 is -0.0535. The fourth-order valence-corrected chi connectivity index (χ4v) is 8.52. The Morgan fingerprint density at radius 1 is 0.886 bits per heavy atom. The molecule has 0 N–H and O–H groups in total. The van der Waals surface area contributed by atoms with Gasteiger partial charge in [0, 0.05) is 35.1 Å². The molecule has 0 fully saturated rings. The smallest absolute Gasteiger partial charge is 0 e. The van der Waals surface area contributed by atoms with E-state index < -0.39 is 25.5 Å². The predicted molar refractivity (Wildman–Crippen MR) is 190 cm³/mol. The number of fused-ring (bicyclic) bond motifs is 3. The second-order valence-corrected chi connectivity index (χ2v) is 24.1. The molecule has 229 valence electrons. The Labute approximate surface area is 288 Å². The van der Waals surface area contributed by atoms with Gasteiger partial charge >= 0.3 is 99.8 Å². The molecule has 0 saturated heterocycles. The van der Waals surface area contributed by atoms with Gasteiger partial charge in [0.1, 0.15) is 0 Å². The third kappa shape index (κ3) is 7.59. The first-order valence-corrected chi connectivity index (χ1v) is 23.0. The number of nitrogens with zero attached hydrogens (tertiary/aromatic N) is 2. The second-order valence-electron chi connectivity index (χ2n) is 12.4. The summed E-state index contributed by atoms with van der Waals surface area (Å²) in [6, 6.07) is 30.9. The van der Waals surface area contributed by atoms with Gasteiger partial charge in [-0.1, -0.05) is 57.7 Å². The van der Waals surface area contributed by atoms with Crippen molar-refractivity contribution in [2.75, 3.05) is 0 Å². The normalized spacial score (nSPS) is 13.1. The largest absolute Gasteiger partial charge is 0 e. The average molecular weight is 839 g/mol. The van der Waals surface area contributed by atoms with Crippen molar-refractivity contribution < 1.29 is 24.2 Å². The zero-order valence-electron chi connectivity index (χ0n) is 29.8. The SMILES string of the molecule is [2H]C([2H])(C)c1cc2sc3c(-c4cc(C([2H])(C)C)ccn4)[c-]ccc3c2cc1C(C)C.[CH3][Ge]([CH3])([CH3])[c]1ccc(-c2[c-]cccc2)nc1.[Ir]. The Morgan fingerprint density at radius 2 is 1.68 bits per heavy atom. The van der Waals surface area contributed by atoms with E-state index in [1.54, 1.807) is 24.5 Å². The van der Waals surface area contributed by atoms with Crippen LogP contribution in [-0.4, -0.2) is 23.2 Å². The molecule has 3 heterocycles. The molecule has 6 rings (SSSR count). The Kier molecular flexibility index (Phi) is 10.0. The third-order valence-corrected chi connectivity index (χ3v) is 13.1. The monoisotopic (exact) mass is 840 g/mol. The molecule has 0 spiro atoms. The second kappa shape index (κ2) is 14.6. The van der Waals surface area contributed by atoms with Crippen molar-refractivity contribution in [2.24, 2.45) is 0 Å². The number of hydrogen-bond donors (Lipinski definition) is 0. The number of hydrogen-bond acceptors (Lipinski definition) is 3. The molecule has 0 aliphatic heterocycles. The van der Waals surface area contributed by atoms with Crippen LogP contribution in [0.5, 0.6) is 0 Å². The van der Waals surface area contributed by atoms with Crippen molar-refractivity contribution in [3.63, 3.8) is 0 Å². The van der Waals surface area contributed by atoms with Crippen molar-refractivity contribution in [3.8, 4) is 22.5 Å². The van der Waals surface area contributed by atoms with Gasteiger partial charge in [0.05, 0.1) is 0 Å². The first kappa shape index (κ1) is 30.0. The van der Waals surface area contributed by atoms with E-state index in [1.165, 1.54) is 4.40 Å².